The molecule has 27 heavy (non-hydrogen) atoms. The number of aromatic carboxylic acids is 1. The molecular weight excluding hydrogens is 413 g/mol. The van der Waals surface area contributed by atoms with Gasteiger partial charge >= 0.3 is 5.97 Å². The number of carbonyl (C=O) groups is 2. The molecule has 0 aromatic heterocycles. The number of benzene rings is 1. The van der Waals surface area contributed by atoms with Gasteiger partial charge in [0.1, 0.15) is 0 Å². The third-order valence-corrected chi connectivity index (χ3v) is 9.75. The molecular formula is C18H19Cl2NO5S. The molecule has 1 aliphatic heterocycles. The summed E-state index contributed by atoms with van der Waals surface area (Å²) in [7, 11) is -3.86. The maximum atomic E-state index is 13.3. The summed E-state index contributed by atoms with van der Waals surface area (Å²) < 4.78 is 26.9. The number of carbonyl (C=O) groups excluding carboxylic acids is 1. The fourth-order valence-corrected chi connectivity index (χ4v) is 8.43. The highest BCUT2D eigenvalue weighted by Gasteiger charge is 2.72. The van der Waals surface area contributed by atoms with Crippen molar-refractivity contribution in [3.63, 3.8) is 0 Å². The van der Waals surface area contributed by atoms with Crippen LogP contribution < -0.4 is 0 Å². The Morgan fingerprint density at radius 1 is 1.19 bits per heavy atom. The Hall–Kier alpha value is -1.31. The molecule has 146 valence electrons. The molecule has 4 rings (SSSR count). The molecule has 6 nitrogen and oxygen atoms in total. The number of halogens is 2. The molecule has 1 N–H and O–H groups in total. The van der Waals surface area contributed by atoms with Crippen molar-refractivity contribution in [2.75, 3.05) is 5.75 Å². The number of nitrogens with zero attached hydrogens (tertiary/aromatic N) is 1. The van der Waals surface area contributed by atoms with E-state index in [-0.39, 0.29) is 32.3 Å². The summed E-state index contributed by atoms with van der Waals surface area (Å²) in [5.41, 5.74) is -1.27. The maximum absolute atomic E-state index is 13.3. The van der Waals surface area contributed by atoms with Crippen LogP contribution >= 0.6 is 23.2 Å². The van der Waals surface area contributed by atoms with Crippen LogP contribution in [0.4, 0.5) is 0 Å². The van der Waals surface area contributed by atoms with Gasteiger partial charge in [0, 0.05) is 5.41 Å². The average Bonchev–Trinajstić information content (AvgIpc) is 3.03. The minimum Gasteiger partial charge on any atom is -0.478 e. The Morgan fingerprint density at radius 2 is 1.78 bits per heavy atom. The summed E-state index contributed by atoms with van der Waals surface area (Å²) in [4.78, 5) is 24.9. The van der Waals surface area contributed by atoms with Crippen LogP contribution in [-0.2, 0) is 10.0 Å². The summed E-state index contributed by atoms with van der Waals surface area (Å²) in [6, 6.07) is 1.79. The molecule has 3 atom stereocenters. The molecule has 1 spiro atoms. The van der Waals surface area contributed by atoms with E-state index in [1.165, 1.54) is 0 Å². The molecule has 3 fully saturated rings. The molecule has 1 unspecified atom stereocenters. The zero-order chi connectivity index (χ0) is 19.9. The van der Waals surface area contributed by atoms with Gasteiger partial charge in [0.25, 0.3) is 5.91 Å². The van der Waals surface area contributed by atoms with Crippen molar-refractivity contribution >= 4 is 45.1 Å². The second-order valence-corrected chi connectivity index (χ2v) is 11.0. The van der Waals surface area contributed by atoms with Crippen LogP contribution in [0.5, 0.6) is 0 Å². The van der Waals surface area contributed by atoms with E-state index in [9.17, 15) is 23.1 Å². The average molecular weight is 432 g/mol. The van der Waals surface area contributed by atoms with Crippen LogP contribution in [0.3, 0.4) is 0 Å². The number of amides is 1. The summed E-state index contributed by atoms with van der Waals surface area (Å²) in [6.07, 6.45) is 2.32. The van der Waals surface area contributed by atoms with E-state index in [2.05, 4.69) is 13.8 Å². The highest BCUT2D eigenvalue weighted by atomic mass is 35.5. The Morgan fingerprint density at radius 3 is 2.33 bits per heavy atom. The number of carboxylic acids is 1. The quantitative estimate of drug-likeness (QED) is 0.770. The first-order chi connectivity index (χ1) is 12.4. The number of carboxylic acid groups (broad SMARTS) is 1. The lowest BCUT2D eigenvalue weighted by atomic mass is 9.69. The van der Waals surface area contributed by atoms with Crippen molar-refractivity contribution in [3.05, 3.63) is 33.3 Å². The van der Waals surface area contributed by atoms with Crippen LogP contribution in [0.1, 0.15) is 53.8 Å². The number of fused-ring (bicyclic) bond motifs is 1. The van der Waals surface area contributed by atoms with E-state index in [1.807, 2.05) is 0 Å². The minimum absolute atomic E-state index is 0.00426. The van der Waals surface area contributed by atoms with Crippen molar-refractivity contribution in [2.24, 2.45) is 16.7 Å². The first kappa shape index (κ1) is 19.0. The third-order valence-electron chi connectivity index (χ3n) is 7.13. The van der Waals surface area contributed by atoms with Crippen molar-refractivity contribution < 1.29 is 23.1 Å². The molecule has 1 heterocycles. The number of sulfonamides is 1. The van der Waals surface area contributed by atoms with Crippen LogP contribution in [0, 0.1) is 16.7 Å². The zero-order valence-electron chi connectivity index (χ0n) is 14.8. The standard InChI is InChI=1S/C18H19Cl2NO5S/c1-17(2)9-3-4-18(17)8-27(25,26)21(14(18)5-9)15(22)10-6-12(19)13(20)7-11(10)16(23)24/h6-7,9,14H,3-5,8H2,1-2H3,(H,23,24)/t9-,14?,18-/m1/s1. The van der Waals surface area contributed by atoms with Crippen LogP contribution in [0.15, 0.2) is 12.1 Å². The van der Waals surface area contributed by atoms with Gasteiger partial charge in [-0.2, -0.15) is 0 Å². The summed E-state index contributed by atoms with van der Waals surface area (Å²) in [5.74, 6) is -1.93. The Balaban J connectivity index is 1.84. The Labute approximate surface area is 167 Å². The predicted octanol–water partition coefficient (Wildman–Crippen LogP) is 3.67. The number of hydrogen-bond donors (Lipinski definition) is 1. The van der Waals surface area contributed by atoms with Crippen LogP contribution in [0.25, 0.3) is 0 Å². The predicted molar refractivity (Wildman–Crippen MR) is 101 cm³/mol. The molecule has 3 aliphatic rings. The van der Waals surface area contributed by atoms with E-state index >= 15 is 0 Å². The smallest absolute Gasteiger partial charge is 0.336 e. The zero-order valence-corrected chi connectivity index (χ0v) is 17.2. The van der Waals surface area contributed by atoms with Crippen LogP contribution in [-0.4, -0.2) is 41.5 Å². The topological polar surface area (TPSA) is 91.8 Å². The van der Waals surface area contributed by atoms with Gasteiger partial charge in [0.05, 0.1) is 33.0 Å². The molecule has 2 aliphatic carbocycles. The minimum atomic E-state index is -3.86. The molecule has 1 saturated heterocycles. The Bertz CT molecular complexity index is 990. The number of hydrogen-bond acceptors (Lipinski definition) is 4. The molecule has 0 radical (unpaired) electrons. The van der Waals surface area contributed by atoms with E-state index in [4.69, 9.17) is 23.2 Å². The lowest BCUT2D eigenvalue weighted by molar-refractivity contribution is 0.0658. The van der Waals surface area contributed by atoms with Gasteiger partial charge in [-0.05, 0) is 42.7 Å². The van der Waals surface area contributed by atoms with Crippen molar-refractivity contribution in [1.29, 1.82) is 0 Å². The van der Waals surface area contributed by atoms with Crippen molar-refractivity contribution in [3.8, 4) is 0 Å². The van der Waals surface area contributed by atoms with Crippen LogP contribution in [0.2, 0.25) is 10.0 Å². The first-order valence-electron chi connectivity index (χ1n) is 8.71. The van der Waals surface area contributed by atoms with Gasteiger partial charge in [-0.3, -0.25) is 4.79 Å². The molecule has 1 aromatic rings. The van der Waals surface area contributed by atoms with E-state index < -0.39 is 33.4 Å². The van der Waals surface area contributed by atoms with Crippen molar-refractivity contribution in [1.82, 2.24) is 4.31 Å². The summed E-state index contributed by atoms with van der Waals surface area (Å²) in [6.45, 7) is 4.16. The Kier molecular flexibility index (Phi) is 3.95. The highest BCUT2D eigenvalue weighted by molar-refractivity contribution is 7.90. The largest absolute Gasteiger partial charge is 0.478 e. The second-order valence-electron chi connectivity index (χ2n) is 8.34. The number of rotatable bonds is 2. The fraction of sp³-hybridized carbons (Fsp3) is 0.556. The first-order valence-corrected chi connectivity index (χ1v) is 11.1. The van der Waals surface area contributed by atoms with Crippen molar-refractivity contribution in [2.45, 2.75) is 39.2 Å². The van der Waals surface area contributed by atoms with Gasteiger partial charge in [-0.25, -0.2) is 17.5 Å². The van der Waals surface area contributed by atoms with E-state index in [1.54, 1.807) is 0 Å². The lowest BCUT2D eigenvalue weighted by Crippen LogP contribution is -2.44. The van der Waals surface area contributed by atoms with Gasteiger partial charge < -0.3 is 5.11 Å². The highest BCUT2D eigenvalue weighted by Crippen LogP contribution is 2.70. The molecule has 2 saturated carbocycles. The van der Waals surface area contributed by atoms with Gasteiger partial charge in [-0.15, -0.1) is 0 Å². The summed E-state index contributed by atoms with van der Waals surface area (Å²) in [5, 5.41) is 9.45. The maximum Gasteiger partial charge on any atom is 0.336 e. The van der Waals surface area contributed by atoms with Gasteiger partial charge in [-0.1, -0.05) is 37.0 Å². The fourth-order valence-electron chi connectivity index (χ4n) is 5.58. The molecule has 2 bridgehead atoms. The van der Waals surface area contributed by atoms with E-state index in [0.717, 1.165) is 29.3 Å². The molecule has 1 aromatic carbocycles. The monoisotopic (exact) mass is 431 g/mol. The van der Waals surface area contributed by atoms with E-state index in [0.29, 0.717) is 12.3 Å². The lowest BCUT2D eigenvalue weighted by Gasteiger charge is -2.37. The SMILES string of the molecule is CC1(C)[C@@H]2CC[C@]13CS(=O)(=O)N(C(=O)c1cc(Cl)c(Cl)cc1C(=O)O)C3C2. The van der Waals surface area contributed by atoms with Gasteiger partial charge in [0.2, 0.25) is 10.0 Å². The van der Waals surface area contributed by atoms with Gasteiger partial charge in [0.15, 0.2) is 0 Å². The summed E-state index contributed by atoms with van der Waals surface area (Å²) >= 11 is 11.9. The molecule has 9 heteroatoms. The third kappa shape index (κ3) is 2.34. The normalized spacial score (nSPS) is 32.5. The molecule has 1 amide bonds. The second kappa shape index (κ2) is 5.61.